The lowest BCUT2D eigenvalue weighted by Gasteiger charge is -2.22. The molecule has 4 aromatic carbocycles. The van der Waals surface area contributed by atoms with Crippen molar-refractivity contribution in [2.24, 2.45) is 0 Å². The van der Waals surface area contributed by atoms with Crippen LogP contribution < -0.4 is 0 Å². The van der Waals surface area contributed by atoms with Crippen LogP contribution in [0.3, 0.4) is 0 Å². The second-order valence-corrected chi connectivity index (χ2v) is 9.10. The zero-order chi connectivity index (χ0) is 22.1. The molecule has 1 aliphatic carbocycles. The lowest BCUT2D eigenvalue weighted by atomic mass is 9.82. The van der Waals surface area contributed by atoms with Crippen molar-refractivity contribution in [2.45, 2.75) is 39.5 Å². The van der Waals surface area contributed by atoms with E-state index in [1.165, 1.54) is 55.6 Å². The van der Waals surface area contributed by atoms with Crippen molar-refractivity contribution >= 4 is 5.57 Å². The van der Waals surface area contributed by atoms with Gasteiger partial charge in [0.1, 0.15) is 0 Å². The first-order chi connectivity index (χ1) is 15.6. The molecule has 158 valence electrons. The molecule has 4 aromatic rings. The quantitative estimate of drug-likeness (QED) is 0.319. The molecule has 32 heavy (non-hydrogen) atoms. The Morgan fingerprint density at radius 2 is 1.16 bits per heavy atom. The number of aryl methyl sites for hydroxylation is 5. The Balaban J connectivity index is 1.80. The fourth-order valence-electron chi connectivity index (χ4n) is 5.46. The fourth-order valence-corrected chi connectivity index (χ4v) is 5.46. The first-order valence-corrected chi connectivity index (χ1v) is 11.6. The lowest BCUT2D eigenvalue weighted by Crippen LogP contribution is -2.04. The zero-order valence-corrected chi connectivity index (χ0v) is 19.2. The first-order valence-electron chi connectivity index (χ1n) is 11.6. The van der Waals surface area contributed by atoms with Crippen LogP contribution in [0.5, 0.6) is 0 Å². The van der Waals surface area contributed by atoms with Crippen molar-refractivity contribution in [3.05, 3.63) is 147 Å². The Bertz CT molecular complexity index is 1220. The Morgan fingerprint density at radius 1 is 0.656 bits per heavy atom. The zero-order valence-electron chi connectivity index (χ0n) is 19.2. The van der Waals surface area contributed by atoms with Crippen molar-refractivity contribution in [3.8, 4) is 0 Å². The predicted molar refractivity (Wildman–Crippen MR) is 136 cm³/mol. The van der Waals surface area contributed by atoms with Crippen molar-refractivity contribution in [1.82, 2.24) is 0 Å². The second kappa shape index (κ2) is 8.63. The molecule has 0 atom stereocenters. The van der Waals surface area contributed by atoms with Gasteiger partial charge in [0.15, 0.2) is 0 Å². The molecule has 0 saturated carbocycles. The summed E-state index contributed by atoms with van der Waals surface area (Å²) in [5.74, 6) is 0.236. The maximum atomic E-state index is 2.53. The SMILES string of the molecule is Cc1cc(C)c(/C(=C/C2c3ccccc3CCc3ccccc32)c2ccccc2)c(C)c1. The van der Waals surface area contributed by atoms with Crippen LogP contribution in [-0.2, 0) is 12.8 Å². The summed E-state index contributed by atoms with van der Waals surface area (Å²) in [5.41, 5.74) is 13.8. The minimum Gasteiger partial charge on any atom is -0.0641 e. The highest BCUT2D eigenvalue weighted by atomic mass is 14.3. The molecule has 0 fully saturated rings. The molecular formula is C32H30. The summed E-state index contributed by atoms with van der Waals surface area (Å²) in [4.78, 5) is 0. The molecule has 0 bridgehead atoms. The van der Waals surface area contributed by atoms with Gasteiger partial charge in [-0.15, -0.1) is 0 Å². The third kappa shape index (κ3) is 3.82. The highest BCUT2D eigenvalue weighted by Gasteiger charge is 2.23. The van der Waals surface area contributed by atoms with E-state index in [0.717, 1.165) is 12.8 Å². The second-order valence-electron chi connectivity index (χ2n) is 9.10. The molecule has 0 spiro atoms. The molecule has 0 heteroatoms. The molecular weight excluding hydrogens is 384 g/mol. The van der Waals surface area contributed by atoms with Crippen LogP contribution in [0.2, 0.25) is 0 Å². The molecule has 0 nitrogen and oxygen atoms in total. The number of benzene rings is 4. The van der Waals surface area contributed by atoms with Gasteiger partial charge in [0.25, 0.3) is 0 Å². The van der Waals surface area contributed by atoms with Crippen molar-refractivity contribution in [3.63, 3.8) is 0 Å². The van der Waals surface area contributed by atoms with Crippen molar-refractivity contribution < 1.29 is 0 Å². The van der Waals surface area contributed by atoms with Crippen molar-refractivity contribution in [1.29, 1.82) is 0 Å². The average molecular weight is 415 g/mol. The smallest absolute Gasteiger partial charge is 0.0284 e. The predicted octanol–water partition coefficient (Wildman–Crippen LogP) is 7.97. The van der Waals surface area contributed by atoms with Crippen LogP contribution >= 0.6 is 0 Å². The van der Waals surface area contributed by atoms with E-state index in [1.54, 1.807) is 0 Å². The van der Waals surface area contributed by atoms with Gasteiger partial charge in [-0.05, 0) is 83.7 Å². The van der Waals surface area contributed by atoms with Gasteiger partial charge in [0, 0.05) is 5.92 Å². The minimum absolute atomic E-state index is 0.236. The highest BCUT2D eigenvalue weighted by molar-refractivity contribution is 5.84. The van der Waals surface area contributed by atoms with E-state index in [9.17, 15) is 0 Å². The molecule has 0 unspecified atom stereocenters. The van der Waals surface area contributed by atoms with Crippen LogP contribution in [0.4, 0.5) is 0 Å². The normalized spacial score (nSPS) is 13.9. The van der Waals surface area contributed by atoms with E-state index in [-0.39, 0.29) is 5.92 Å². The number of hydrogen-bond acceptors (Lipinski definition) is 0. The maximum absolute atomic E-state index is 2.53. The van der Waals surface area contributed by atoms with Gasteiger partial charge in [0.05, 0.1) is 0 Å². The third-order valence-corrected chi connectivity index (χ3v) is 6.81. The Labute approximate surface area is 192 Å². The standard InChI is InChI=1S/C32H30/c1-22-19-23(2)32(24(3)20-22)30(25-11-5-4-6-12-25)21-31-28-15-9-7-13-26(28)17-18-27-14-8-10-16-29(27)31/h4-16,19-21,31H,17-18H2,1-3H3/b30-21+. The molecule has 0 radical (unpaired) electrons. The summed E-state index contributed by atoms with van der Waals surface area (Å²) < 4.78 is 0. The minimum atomic E-state index is 0.236. The molecule has 0 saturated heterocycles. The number of allylic oxidation sites excluding steroid dienone is 1. The topological polar surface area (TPSA) is 0 Å². The summed E-state index contributed by atoms with van der Waals surface area (Å²) >= 11 is 0. The van der Waals surface area contributed by atoms with Crippen LogP contribution in [0.25, 0.3) is 5.57 Å². The van der Waals surface area contributed by atoms with Crippen LogP contribution in [0, 0.1) is 20.8 Å². The van der Waals surface area contributed by atoms with E-state index >= 15 is 0 Å². The molecule has 0 amide bonds. The largest absolute Gasteiger partial charge is 0.0641 e. The Kier molecular flexibility index (Phi) is 5.53. The summed E-state index contributed by atoms with van der Waals surface area (Å²) in [7, 11) is 0. The summed E-state index contributed by atoms with van der Waals surface area (Å²) in [5, 5.41) is 0. The van der Waals surface area contributed by atoms with Gasteiger partial charge >= 0.3 is 0 Å². The molecule has 0 aromatic heterocycles. The fraction of sp³-hybridized carbons (Fsp3) is 0.188. The third-order valence-electron chi connectivity index (χ3n) is 6.81. The summed E-state index contributed by atoms with van der Waals surface area (Å²) in [6.07, 6.45) is 4.73. The first kappa shape index (κ1) is 20.5. The van der Waals surface area contributed by atoms with Gasteiger partial charge in [-0.1, -0.05) is 103 Å². The summed E-state index contributed by atoms with van der Waals surface area (Å²) in [6, 6.07) is 33.6. The van der Waals surface area contributed by atoms with E-state index in [0.29, 0.717) is 0 Å². The van der Waals surface area contributed by atoms with Gasteiger partial charge in [0.2, 0.25) is 0 Å². The number of rotatable bonds is 3. The molecule has 0 aliphatic heterocycles. The summed E-state index contributed by atoms with van der Waals surface area (Å²) in [6.45, 7) is 6.69. The Hall–Kier alpha value is -3.38. The Morgan fingerprint density at radius 3 is 1.72 bits per heavy atom. The van der Waals surface area contributed by atoms with Gasteiger partial charge in [-0.2, -0.15) is 0 Å². The molecule has 0 heterocycles. The van der Waals surface area contributed by atoms with Gasteiger partial charge in [-0.25, -0.2) is 0 Å². The molecule has 5 rings (SSSR count). The highest BCUT2D eigenvalue weighted by Crippen LogP contribution is 2.39. The number of hydrogen-bond donors (Lipinski definition) is 0. The van der Waals surface area contributed by atoms with Crippen LogP contribution in [0.1, 0.15) is 56.0 Å². The average Bonchev–Trinajstić information content (AvgIpc) is 2.96. The monoisotopic (exact) mass is 414 g/mol. The number of fused-ring (bicyclic) bond motifs is 2. The van der Waals surface area contributed by atoms with Crippen LogP contribution in [-0.4, -0.2) is 0 Å². The van der Waals surface area contributed by atoms with E-state index in [2.05, 4.69) is 118 Å². The van der Waals surface area contributed by atoms with E-state index in [1.807, 2.05) is 0 Å². The van der Waals surface area contributed by atoms with E-state index < -0.39 is 0 Å². The molecule has 1 aliphatic rings. The van der Waals surface area contributed by atoms with E-state index in [4.69, 9.17) is 0 Å². The van der Waals surface area contributed by atoms with Crippen LogP contribution in [0.15, 0.2) is 97.1 Å². The van der Waals surface area contributed by atoms with Gasteiger partial charge in [-0.3, -0.25) is 0 Å². The van der Waals surface area contributed by atoms with Gasteiger partial charge < -0.3 is 0 Å². The van der Waals surface area contributed by atoms with Crippen molar-refractivity contribution in [2.75, 3.05) is 0 Å². The molecule has 0 N–H and O–H groups in total. The lowest BCUT2D eigenvalue weighted by molar-refractivity contribution is 0.965. The maximum Gasteiger partial charge on any atom is 0.0284 e.